The molecule has 8 heteroatoms. The number of hydrogen-bond donors (Lipinski definition) is 2. The molecule has 1 aliphatic rings. The first-order chi connectivity index (χ1) is 12.0. The number of morpholine rings is 1. The average Bonchev–Trinajstić information content (AvgIpc) is 3.12. The highest BCUT2D eigenvalue weighted by Gasteiger charge is 2.31. The lowest BCUT2D eigenvalue weighted by Gasteiger charge is -2.35. The molecule has 0 bridgehead atoms. The van der Waals surface area contributed by atoms with E-state index in [0.717, 1.165) is 36.5 Å². The third kappa shape index (κ3) is 4.81. The Balaban J connectivity index is 1.70. The summed E-state index contributed by atoms with van der Waals surface area (Å²) >= 11 is 0. The topological polar surface area (TPSA) is 53.2 Å². The highest BCUT2D eigenvalue weighted by atomic mass is 19.4. The third-order valence-corrected chi connectivity index (χ3v) is 4.32. The molecule has 1 unspecified atom stereocenters. The lowest BCUT2D eigenvalue weighted by Crippen LogP contribution is -2.42. The second kappa shape index (κ2) is 7.99. The van der Waals surface area contributed by atoms with Crippen LogP contribution in [0.2, 0.25) is 0 Å². The molecule has 1 atom stereocenters. The number of nitrogens with one attached hydrogen (secondary N) is 2. The Bertz CT molecular complexity index is 637. The molecule has 1 aromatic heterocycles. The number of H-pyrrole nitrogens is 1. The highest BCUT2D eigenvalue weighted by molar-refractivity contribution is 5.27. The fraction of sp³-hybridized carbons (Fsp3) is 0.471. The number of ether oxygens (including phenoxy) is 1. The van der Waals surface area contributed by atoms with Crippen LogP contribution in [0.4, 0.5) is 13.2 Å². The number of nitrogens with zero attached hydrogens (tertiary/aromatic N) is 2. The normalized spacial score (nSPS) is 17.6. The lowest BCUT2D eigenvalue weighted by atomic mass is 10.0. The van der Waals surface area contributed by atoms with E-state index in [1.807, 2.05) is 6.07 Å². The molecule has 0 amide bonds. The van der Waals surface area contributed by atoms with E-state index in [0.29, 0.717) is 26.3 Å². The Kier molecular flexibility index (Phi) is 5.72. The molecular weight excluding hydrogens is 333 g/mol. The molecule has 136 valence electrons. The van der Waals surface area contributed by atoms with Crippen molar-refractivity contribution in [2.45, 2.75) is 18.8 Å². The largest absolute Gasteiger partial charge is 0.416 e. The van der Waals surface area contributed by atoms with Crippen molar-refractivity contribution in [1.82, 2.24) is 20.4 Å². The van der Waals surface area contributed by atoms with Crippen LogP contribution >= 0.6 is 0 Å². The molecule has 3 rings (SSSR count). The van der Waals surface area contributed by atoms with E-state index in [4.69, 9.17) is 4.74 Å². The van der Waals surface area contributed by atoms with E-state index in [1.165, 1.54) is 0 Å². The van der Waals surface area contributed by atoms with Gasteiger partial charge in [0, 0.05) is 44.1 Å². The summed E-state index contributed by atoms with van der Waals surface area (Å²) in [7, 11) is 0. The maximum atomic E-state index is 12.8. The lowest BCUT2D eigenvalue weighted by molar-refractivity contribution is -0.137. The first-order valence-corrected chi connectivity index (χ1v) is 8.22. The van der Waals surface area contributed by atoms with Crippen molar-refractivity contribution in [2.75, 3.05) is 32.8 Å². The van der Waals surface area contributed by atoms with Crippen LogP contribution in [0.5, 0.6) is 0 Å². The van der Waals surface area contributed by atoms with Gasteiger partial charge < -0.3 is 10.1 Å². The molecule has 0 aliphatic carbocycles. The van der Waals surface area contributed by atoms with E-state index in [1.54, 1.807) is 18.3 Å². The number of alkyl halides is 3. The predicted octanol–water partition coefficient (Wildman–Crippen LogP) is 2.59. The van der Waals surface area contributed by atoms with Crippen molar-refractivity contribution >= 4 is 0 Å². The van der Waals surface area contributed by atoms with Gasteiger partial charge in [0.1, 0.15) is 0 Å². The van der Waals surface area contributed by atoms with Crippen molar-refractivity contribution in [2.24, 2.45) is 0 Å². The van der Waals surface area contributed by atoms with Gasteiger partial charge in [-0.05, 0) is 23.8 Å². The highest BCUT2D eigenvalue weighted by Crippen LogP contribution is 2.31. The summed E-state index contributed by atoms with van der Waals surface area (Å²) in [5.41, 5.74) is 1.21. The summed E-state index contributed by atoms with van der Waals surface area (Å²) in [5, 5.41) is 10.1. The van der Waals surface area contributed by atoms with Crippen LogP contribution in [0.25, 0.3) is 0 Å². The van der Waals surface area contributed by atoms with Crippen molar-refractivity contribution < 1.29 is 17.9 Å². The molecule has 1 fully saturated rings. The average molecular weight is 354 g/mol. The van der Waals surface area contributed by atoms with E-state index in [2.05, 4.69) is 20.4 Å². The minimum Gasteiger partial charge on any atom is -0.379 e. The molecule has 25 heavy (non-hydrogen) atoms. The first-order valence-electron chi connectivity index (χ1n) is 8.22. The van der Waals surface area contributed by atoms with Gasteiger partial charge >= 0.3 is 6.18 Å². The SMILES string of the molecule is FC(F)(F)c1ccc(C(CNCc2ccn[nH]2)N2CCOCC2)cc1. The molecule has 5 nitrogen and oxygen atoms in total. The Labute approximate surface area is 144 Å². The van der Waals surface area contributed by atoms with Crippen molar-refractivity contribution in [1.29, 1.82) is 0 Å². The Morgan fingerprint density at radius 2 is 1.88 bits per heavy atom. The van der Waals surface area contributed by atoms with Crippen molar-refractivity contribution in [3.05, 3.63) is 53.3 Å². The zero-order valence-electron chi connectivity index (χ0n) is 13.7. The molecule has 0 radical (unpaired) electrons. The molecule has 2 N–H and O–H groups in total. The summed E-state index contributed by atoms with van der Waals surface area (Å²) in [6.07, 6.45) is -2.63. The zero-order valence-corrected chi connectivity index (χ0v) is 13.7. The molecular formula is C17H21F3N4O. The van der Waals surface area contributed by atoms with Gasteiger partial charge in [-0.25, -0.2) is 0 Å². The van der Waals surface area contributed by atoms with Crippen LogP contribution in [0.15, 0.2) is 36.5 Å². The van der Waals surface area contributed by atoms with Gasteiger partial charge in [0.05, 0.1) is 18.8 Å². The van der Waals surface area contributed by atoms with Crippen LogP contribution in [-0.4, -0.2) is 47.9 Å². The number of benzene rings is 1. The fourth-order valence-electron chi connectivity index (χ4n) is 2.97. The van der Waals surface area contributed by atoms with Gasteiger partial charge in [-0.15, -0.1) is 0 Å². The minimum atomic E-state index is -4.31. The Morgan fingerprint density at radius 1 is 1.16 bits per heavy atom. The summed E-state index contributed by atoms with van der Waals surface area (Å²) in [6.45, 7) is 4.05. The summed E-state index contributed by atoms with van der Waals surface area (Å²) < 4.78 is 43.7. The molecule has 0 spiro atoms. The number of rotatable bonds is 6. The van der Waals surface area contributed by atoms with Gasteiger partial charge in [-0.2, -0.15) is 18.3 Å². The van der Waals surface area contributed by atoms with Gasteiger partial charge in [-0.1, -0.05) is 12.1 Å². The second-order valence-electron chi connectivity index (χ2n) is 6.00. The zero-order chi connectivity index (χ0) is 17.7. The third-order valence-electron chi connectivity index (χ3n) is 4.32. The van der Waals surface area contributed by atoms with Crippen LogP contribution in [0, 0.1) is 0 Å². The number of hydrogen-bond acceptors (Lipinski definition) is 4. The second-order valence-corrected chi connectivity index (χ2v) is 6.00. The van der Waals surface area contributed by atoms with Crippen molar-refractivity contribution in [3.63, 3.8) is 0 Å². The first kappa shape index (κ1) is 17.9. The number of aromatic nitrogens is 2. The van der Waals surface area contributed by atoms with Crippen LogP contribution in [0.3, 0.4) is 0 Å². The molecule has 2 heterocycles. The Morgan fingerprint density at radius 3 is 2.48 bits per heavy atom. The monoisotopic (exact) mass is 354 g/mol. The number of halogens is 3. The van der Waals surface area contributed by atoms with E-state index in [-0.39, 0.29) is 6.04 Å². The Hall–Kier alpha value is -1.90. The molecule has 1 aliphatic heterocycles. The fourth-order valence-corrected chi connectivity index (χ4v) is 2.97. The quantitative estimate of drug-likeness (QED) is 0.837. The van der Waals surface area contributed by atoms with Gasteiger partial charge in [0.15, 0.2) is 0 Å². The van der Waals surface area contributed by atoms with E-state index < -0.39 is 11.7 Å². The number of aromatic amines is 1. The van der Waals surface area contributed by atoms with Gasteiger partial charge in [0.2, 0.25) is 0 Å². The van der Waals surface area contributed by atoms with Gasteiger partial charge in [0.25, 0.3) is 0 Å². The molecule has 2 aromatic rings. The minimum absolute atomic E-state index is 0.00546. The maximum absolute atomic E-state index is 12.8. The van der Waals surface area contributed by atoms with Crippen LogP contribution in [0.1, 0.15) is 22.9 Å². The molecule has 0 saturated carbocycles. The predicted molar refractivity (Wildman–Crippen MR) is 86.9 cm³/mol. The van der Waals surface area contributed by atoms with E-state index in [9.17, 15) is 13.2 Å². The molecule has 1 saturated heterocycles. The summed E-state index contributed by atoms with van der Waals surface area (Å²) in [6, 6.07) is 7.32. The smallest absolute Gasteiger partial charge is 0.379 e. The van der Waals surface area contributed by atoms with Crippen molar-refractivity contribution in [3.8, 4) is 0 Å². The molecule has 1 aromatic carbocycles. The van der Waals surface area contributed by atoms with E-state index >= 15 is 0 Å². The summed E-state index contributed by atoms with van der Waals surface area (Å²) in [4.78, 5) is 2.24. The maximum Gasteiger partial charge on any atom is 0.416 e. The standard InChI is InChI=1S/C17H21F3N4O/c18-17(19,20)14-3-1-13(2-4-14)16(24-7-9-25-10-8-24)12-21-11-15-5-6-22-23-15/h1-6,16,21H,7-12H2,(H,22,23). The van der Waals surface area contributed by atoms with Crippen LogP contribution < -0.4 is 5.32 Å². The summed E-state index contributed by atoms with van der Waals surface area (Å²) in [5.74, 6) is 0. The van der Waals surface area contributed by atoms with Gasteiger partial charge in [-0.3, -0.25) is 10.00 Å². The van der Waals surface area contributed by atoms with Crippen LogP contribution in [-0.2, 0) is 17.5 Å².